The molecular formula is C33H24BrClFIN2O5. The zero-order valence-corrected chi connectivity index (χ0v) is 27.6. The third-order valence-corrected chi connectivity index (χ3v) is 11.3. The minimum atomic E-state index is -1.35. The van der Waals surface area contributed by atoms with E-state index in [0.717, 1.165) is 20.1 Å². The number of phenols is 1. The number of aromatic hydroxyl groups is 1. The predicted molar refractivity (Wildman–Crippen MR) is 173 cm³/mol. The van der Waals surface area contributed by atoms with E-state index in [1.165, 1.54) is 23.1 Å². The second kappa shape index (κ2) is 10.5. The number of hydrogen-bond donors (Lipinski definition) is 1. The van der Waals surface area contributed by atoms with E-state index < -0.39 is 52.6 Å². The highest BCUT2D eigenvalue weighted by Crippen LogP contribution is 2.64. The summed E-state index contributed by atoms with van der Waals surface area (Å²) in [5, 5.41) is 10.9. The Morgan fingerprint density at radius 1 is 0.932 bits per heavy atom. The van der Waals surface area contributed by atoms with Gasteiger partial charge in [0.1, 0.15) is 11.6 Å². The number of benzene rings is 3. The molecule has 3 aromatic carbocycles. The lowest BCUT2D eigenvalue weighted by molar-refractivity contribution is -0.131. The Morgan fingerprint density at radius 3 is 2.34 bits per heavy atom. The van der Waals surface area contributed by atoms with Crippen LogP contribution in [-0.2, 0) is 19.2 Å². The SMILES string of the molecule is CC12C(=O)N(c3ccc(F)c(Cl)c3)C(=O)C1CC1C(=CCC3C(=O)N(c4ccc(I)cc4)C(=O)C31)C2c1cc(Br)ccc1O. The Morgan fingerprint density at radius 2 is 1.64 bits per heavy atom. The van der Waals surface area contributed by atoms with Crippen molar-refractivity contribution in [2.24, 2.45) is 29.1 Å². The number of amides is 4. The molecule has 7 rings (SSSR count). The van der Waals surface area contributed by atoms with Gasteiger partial charge in [-0.2, -0.15) is 0 Å². The highest BCUT2D eigenvalue weighted by atomic mass is 127. The van der Waals surface area contributed by atoms with Crippen LogP contribution in [0, 0.1) is 38.5 Å². The van der Waals surface area contributed by atoms with Crippen molar-refractivity contribution in [3.8, 4) is 5.75 Å². The maximum absolute atomic E-state index is 14.4. The van der Waals surface area contributed by atoms with Gasteiger partial charge in [-0.25, -0.2) is 9.29 Å². The number of nitrogens with zero attached hydrogens (tertiary/aromatic N) is 2. The fourth-order valence-corrected chi connectivity index (χ4v) is 8.74. The second-order valence-electron chi connectivity index (χ2n) is 12.0. The third kappa shape index (κ3) is 4.16. The van der Waals surface area contributed by atoms with Crippen LogP contribution in [0.1, 0.15) is 31.2 Å². The van der Waals surface area contributed by atoms with Crippen molar-refractivity contribution in [3.05, 3.63) is 96.8 Å². The average Bonchev–Trinajstić information content (AvgIpc) is 3.36. The molecule has 44 heavy (non-hydrogen) atoms. The number of allylic oxidation sites excluding steroid dienone is 2. The second-order valence-corrected chi connectivity index (χ2v) is 14.5. The van der Waals surface area contributed by atoms with E-state index in [9.17, 15) is 28.7 Å². The summed E-state index contributed by atoms with van der Waals surface area (Å²) in [6.45, 7) is 1.72. The van der Waals surface area contributed by atoms with Crippen molar-refractivity contribution in [1.82, 2.24) is 0 Å². The van der Waals surface area contributed by atoms with Crippen molar-refractivity contribution in [1.29, 1.82) is 0 Å². The molecule has 1 N–H and O–H groups in total. The highest BCUT2D eigenvalue weighted by Gasteiger charge is 2.68. The number of rotatable bonds is 3. The van der Waals surface area contributed by atoms with E-state index in [1.807, 2.05) is 18.2 Å². The zero-order valence-electron chi connectivity index (χ0n) is 23.1. The van der Waals surface area contributed by atoms with Gasteiger partial charge in [0.25, 0.3) is 0 Å². The zero-order chi connectivity index (χ0) is 31.2. The fraction of sp³-hybridized carbons (Fsp3) is 0.273. The first-order valence-corrected chi connectivity index (χ1v) is 16.3. The summed E-state index contributed by atoms with van der Waals surface area (Å²) in [7, 11) is 0. The molecule has 0 spiro atoms. The molecule has 2 heterocycles. The molecule has 11 heteroatoms. The van der Waals surface area contributed by atoms with Crippen LogP contribution in [0.15, 0.2) is 76.8 Å². The Labute approximate surface area is 279 Å². The summed E-state index contributed by atoms with van der Waals surface area (Å²) in [5.74, 6) is -5.91. The third-order valence-electron chi connectivity index (χ3n) is 9.82. The van der Waals surface area contributed by atoms with Crippen molar-refractivity contribution in [2.75, 3.05) is 9.80 Å². The molecule has 6 unspecified atom stereocenters. The lowest BCUT2D eigenvalue weighted by atomic mass is 9.51. The monoisotopic (exact) mass is 788 g/mol. The van der Waals surface area contributed by atoms with Crippen LogP contribution in [0.5, 0.6) is 5.75 Å². The van der Waals surface area contributed by atoms with E-state index >= 15 is 0 Å². The molecule has 6 atom stereocenters. The minimum absolute atomic E-state index is 0.0558. The number of imide groups is 2. The summed E-state index contributed by atoms with van der Waals surface area (Å²) >= 11 is 11.7. The Balaban J connectivity index is 1.38. The van der Waals surface area contributed by atoms with Gasteiger partial charge in [-0.05, 0) is 109 Å². The van der Waals surface area contributed by atoms with Gasteiger partial charge < -0.3 is 5.11 Å². The predicted octanol–water partition coefficient (Wildman–Crippen LogP) is 6.99. The Bertz CT molecular complexity index is 1830. The van der Waals surface area contributed by atoms with E-state index in [4.69, 9.17) is 11.6 Å². The highest BCUT2D eigenvalue weighted by molar-refractivity contribution is 14.1. The molecule has 0 bridgehead atoms. The summed E-state index contributed by atoms with van der Waals surface area (Å²) in [6.07, 6.45) is 2.37. The molecule has 3 aromatic rings. The quantitative estimate of drug-likeness (QED) is 0.176. The molecule has 2 saturated heterocycles. The molecule has 3 fully saturated rings. The van der Waals surface area contributed by atoms with Crippen LogP contribution >= 0.6 is 50.1 Å². The summed E-state index contributed by atoms with van der Waals surface area (Å²) in [4.78, 5) is 58.8. The van der Waals surface area contributed by atoms with Crippen molar-refractivity contribution < 1.29 is 28.7 Å². The molecule has 4 aliphatic rings. The number of halogens is 4. The van der Waals surface area contributed by atoms with Gasteiger partial charge in [0, 0.05) is 19.5 Å². The number of anilines is 2. The van der Waals surface area contributed by atoms with Crippen molar-refractivity contribution >= 4 is 85.1 Å². The molecule has 0 aromatic heterocycles. The number of carbonyl (C=O) groups excluding carboxylic acids is 4. The molecular weight excluding hydrogens is 766 g/mol. The van der Waals surface area contributed by atoms with E-state index in [0.29, 0.717) is 15.7 Å². The largest absolute Gasteiger partial charge is 0.508 e. The summed E-state index contributed by atoms with van der Waals surface area (Å²) in [5.41, 5.74) is 0.472. The van der Waals surface area contributed by atoms with Gasteiger partial charge in [-0.1, -0.05) is 39.2 Å². The smallest absolute Gasteiger partial charge is 0.241 e. The van der Waals surface area contributed by atoms with Crippen LogP contribution in [0.2, 0.25) is 5.02 Å². The minimum Gasteiger partial charge on any atom is -0.508 e. The molecule has 2 aliphatic heterocycles. The number of fused-ring (bicyclic) bond motifs is 4. The van der Waals surface area contributed by atoms with Gasteiger partial charge in [-0.3, -0.25) is 24.1 Å². The van der Waals surface area contributed by atoms with Crippen LogP contribution in [0.25, 0.3) is 0 Å². The normalized spacial score (nSPS) is 29.5. The Hall–Kier alpha value is -3.09. The van der Waals surface area contributed by atoms with Crippen molar-refractivity contribution in [3.63, 3.8) is 0 Å². The molecule has 4 amide bonds. The molecule has 2 aliphatic carbocycles. The lowest BCUT2D eigenvalue weighted by Crippen LogP contribution is -2.48. The van der Waals surface area contributed by atoms with Crippen molar-refractivity contribution in [2.45, 2.75) is 25.7 Å². The van der Waals surface area contributed by atoms with Crippen LogP contribution in [0.3, 0.4) is 0 Å². The molecule has 224 valence electrons. The molecule has 7 nitrogen and oxygen atoms in total. The first-order valence-electron chi connectivity index (χ1n) is 14.1. The number of phenolic OH excluding ortho intramolecular Hbond substituents is 1. The van der Waals surface area contributed by atoms with E-state index in [1.54, 1.807) is 31.2 Å². The van der Waals surface area contributed by atoms with Gasteiger partial charge in [0.15, 0.2) is 0 Å². The first-order chi connectivity index (χ1) is 20.9. The van der Waals surface area contributed by atoms with E-state index in [2.05, 4.69) is 38.5 Å². The fourth-order valence-electron chi connectivity index (χ4n) is 7.83. The lowest BCUT2D eigenvalue weighted by Gasteiger charge is -2.49. The van der Waals surface area contributed by atoms with Crippen LogP contribution in [-0.4, -0.2) is 28.7 Å². The Kier molecular flexibility index (Phi) is 7.06. The maximum atomic E-state index is 14.4. The van der Waals surface area contributed by atoms with Gasteiger partial charge in [0.05, 0.1) is 39.6 Å². The van der Waals surface area contributed by atoms with E-state index in [-0.39, 0.29) is 41.1 Å². The van der Waals surface area contributed by atoms with Crippen LogP contribution in [0.4, 0.5) is 15.8 Å². The summed E-state index contributed by atoms with van der Waals surface area (Å²) < 4.78 is 15.7. The number of carbonyl (C=O) groups is 4. The standard InChI is InChI=1S/C33H24BrClFIN2O5/c1-33-23(30(42)39(32(33)44)18-7-10-25(36)24(35)13-18)14-21-19(28(33)22-12-15(34)2-11-26(22)40)8-9-20-27(21)31(43)38(29(20)41)17-5-3-16(37)4-6-17/h2-8,10-13,20-21,23,27-28,40H,9,14H2,1H3. The van der Waals surface area contributed by atoms with Gasteiger partial charge in [0.2, 0.25) is 23.6 Å². The van der Waals surface area contributed by atoms with Gasteiger partial charge >= 0.3 is 0 Å². The first kappa shape index (κ1) is 29.6. The maximum Gasteiger partial charge on any atom is 0.241 e. The summed E-state index contributed by atoms with van der Waals surface area (Å²) in [6, 6.07) is 15.8. The molecule has 0 radical (unpaired) electrons. The molecule has 1 saturated carbocycles. The topological polar surface area (TPSA) is 95.0 Å². The number of hydrogen-bond acceptors (Lipinski definition) is 5. The van der Waals surface area contributed by atoms with Crippen LogP contribution < -0.4 is 9.80 Å². The van der Waals surface area contributed by atoms with Gasteiger partial charge in [-0.15, -0.1) is 0 Å². The average molecular weight is 790 g/mol.